The Morgan fingerprint density at radius 3 is 2.69 bits per heavy atom. The van der Waals surface area contributed by atoms with E-state index in [9.17, 15) is 14.3 Å². The molecule has 3 fully saturated rings. The van der Waals surface area contributed by atoms with Crippen LogP contribution in [-0.4, -0.2) is 58.2 Å². The first kappa shape index (κ1) is 17.6. The number of carbonyl (C=O) groups is 1. The summed E-state index contributed by atoms with van der Waals surface area (Å²) in [5.41, 5.74) is -0.429. The Morgan fingerprint density at radius 1 is 1.27 bits per heavy atom. The number of carboxylic acid groups (broad SMARTS) is 1. The summed E-state index contributed by atoms with van der Waals surface area (Å²) in [7, 11) is 0. The standard InChI is InChI=1S/C19H27FN4O2/c1-2-15-16(20)17(22-12-21-15)24-9-13-8-23(14-6-4-3-5-7-14)10-19(13,11-24)18(25)26/h12-14H,2-11H2,1H3,(H,25,26)/t13-,19-/m1/s1. The van der Waals surface area contributed by atoms with Crippen molar-refractivity contribution in [1.82, 2.24) is 14.9 Å². The minimum absolute atomic E-state index is 0.0152. The van der Waals surface area contributed by atoms with Gasteiger partial charge in [-0.2, -0.15) is 0 Å². The molecule has 2 aliphatic heterocycles. The summed E-state index contributed by atoms with van der Waals surface area (Å²) >= 11 is 0. The Bertz CT molecular complexity index is 694. The van der Waals surface area contributed by atoms with Crippen LogP contribution in [0.5, 0.6) is 0 Å². The molecule has 3 aliphatic rings. The highest BCUT2D eigenvalue weighted by molar-refractivity contribution is 5.78. The number of nitrogens with zero attached hydrogens (tertiary/aromatic N) is 4. The monoisotopic (exact) mass is 362 g/mol. The van der Waals surface area contributed by atoms with E-state index >= 15 is 0 Å². The summed E-state index contributed by atoms with van der Waals surface area (Å²) in [6.45, 7) is 4.09. The number of hydrogen-bond donors (Lipinski definition) is 1. The largest absolute Gasteiger partial charge is 0.481 e. The van der Waals surface area contributed by atoms with Crippen molar-refractivity contribution in [2.75, 3.05) is 31.1 Å². The summed E-state index contributed by atoms with van der Waals surface area (Å²) in [4.78, 5) is 24.6. The van der Waals surface area contributed by atoms with Crippen LogP contribution >= 0.6 is 0 Å². The topological polar surface area (TPSA) is 69.6 Å². The van der Waals surface area contributed by atoms with E-state index in [4.69, 9.17) is 0 Å². The highest BCUT2D eigenvalue weighted by Gasteiger charge is 2.58. The van der Waals surface area contributed by atoms with Crippen LogP contribution in [0.4, 0.5) is 10.2 Å². The minimum atomic E-state index is -0.818. The Hall–Kier alpha value is -1.76. The highest BCUT2D eigenvalue weighted by Crippen LogP contribution is 2.46. The second kappa shape index (κ2) is 6.76. The van der Waals surface area contributed by atoms with Gasteiger partial charge in [0.15, 0.2) is 11.6 Å². The smallest absolute Gasteiger partial charge is 0.313 e. The van der Waals surface area contributed by atoms with E-state index in [1.807, 2.05) is 11.8 Å². The lowest BCUT2D eigenvalue weighted by Crippen LogP contribution is -2.43. The molecular weight excluding hydrogens is 335 g/mol. The number of hydrogen-bond acceptors (Lipinski definition) is 5. The van der Waals surface area contributed by atoms with E-state index in [1.54, 1.807) is 0 Å². The van der Waals surface area contributed by atoms with Gasteiger partial charge in [0.05, 0.1) is 5.69 Å². The van der Waals surface area contributed by atoms with Crippen molar-refractivity contribution in [1.29, 1.82) is 0 Å². The Kier molecular flexibility index (Phi) is 4.59. The van der Waals surface area contributed by atoms with Crippen molar-refractivity contribution in [3.63, 3.8) is 0 Å². The zero-order chi connectivity index (χ0) is 18.3. The number of aliphatic carboxylic acids is 1. The maximum absolute atomic E-state index is 14.7. The first-order chi connectivity index (χ1) is 12.5. The number of aromatic nitrogens is 2. The number of likely N-dealkylation sites (tertiary alicyclic amines) is 1. The second-order valence-corrected chi connectivity index (χ2v) is 8.07. The molecule has 1 N–H and O–H groups in total. The zero-order valence-corrected chi connectivity index (χ0v) is 15.3. The SMILES string of the molecule is CCc1ncnc(N2C[C@H]3CN(C4CCCCC4)C[C@@]3(C(=O)O)C2)c1F. The summed E-state index contributed by atoms with van der Waals surface area (Å²) in [5, 5.41) is 10.0. The first-order valence-corrected chi connectivity index (χ1v) is 9.77. The van der Waals surface area contributed by atoms with Gasteiger partial charge in [0, 0.05) is 38.1 Å². The number of aryl methyl sites for hydroxylation is 1. The van der Waals surface area contributed by atoms with Crippen molar-refractivity contribution in [3.8, 4) is 0 Å². The third-order valence-corrected chi connectivity index (χ3v) is 6.63. The van der Waals surface area contributed by atoms with Gasteiger partial charge in [-0.3, -0.25) is 9.69 Å². The average Bonchev–Trinajstić information content (AvgIpc) is 3.18. The van der Waals surface area contributed by atoms with Crippen LogP contribution < -0.4 is 4.90 Å². The number of rotatable bonds is 4. The molecule has 0 radical (unpaired) electrons. The van der Waals surface area contributed by atoms with Crippen molar-refractivity contribution in [3.05, 3.63) is 17.8 Å². The molecule has 6 nitrogen and oxygen atoms in total. The summed E-state index contributed by atoms with van der Waals surface area (Å²) in [6, 6.07) is 0.515. The molecule has 1 aliphatic carbocycles. The van der Waals surface area contributed by atoms with Crippen molar-refractivity contribution in [2.24, 2.45) is 11.3 Å². The maximum atomic E-state index is 14.7. The number of carboxylic acids is 1. The van der Waals surface area contributed by atoms with Crippen molar-refractivity contribution >= 4 is 11.8 Å². The Morgan fingerprint density at radius 2 is 2.04 bits per heavy atom. The van der Waals surface area contributed by atoms with Crippen LogP contribution in [0.3, 0.4) is 0 Å². The van der Waals surface area contributed by atoms with Crippen LogP contribution in [-0.2, 0) is 11.2 Å². The lowest BCUT2D eigenvalue weighted by Gasteiger charge is -2.33. The van der Waals surface area contributed by atoms with Crippen LogP contribution in [0.15, 0.2) is 6.33 Å². The molecule has 1 aromatic heterocycles. The predicted molar refractivity (Wildman–Crippen MR) is 95.6 cm³/mol. The molecule has 0 bridgehead atoms. The molecule has 142 valence electrons. The molecule has 0 spiro atoms. The quantitative estimate of drug-likeness (QED) is 0.887. The van der Waals surface area contributed by atoms with E-state index < -0.39 is 17.2 Å². The lowest BCUT2D eigenvalue weighted by atomic mass is 9.81. The molecule has 7 heteroatoms. The van der Waals surface area contributed by atoms with E-state index in [-0.39, 0.29) is 11.7 Å². The third-order valence-electron chi connectivity index (χ3n) is 6.63. The van der Waals surface area contributed by atoms with Crippen LogP contribution in [0.1, 0.15) is 44.7 Å². The third kappa shape index (κ3) is 2.76. The Balaban J connectivity index is 1.56. The first-order valence-electron chi connectivity index (χ1n) is 9.77. The van der Waals surface area contributed by atoms with Gasteiger partial charge in [0.2, 0.25) is 0 Å². The van der Waals surface area contributed by atoms with Gasteiger partial charge in [-0.05, 0) is 19.3 Å². The van der Waals surface area contributed by atoms with Gasteiger partial charge >= 0.3 is 5.97 Å². The lowest BCUT2D eigenvalue weighted by molar-refractivity contribution is -0.148. The van der Waals surface area contributed by atoms with Gasteiger partial charge in [-0.1, -0.05) is 26.2 Å². The highest BCUT2D eigenvalue weighted by atomic mass is 19.1. The molecule has 26 heavy (non-hydrogen) atoms. The van der Waals surface area contributed by atoms with E-state index in [0.717, 1.165) is 6.54 Å². The normalized spacial score (nSPS) is 29.9. The van der Waals surface area contributed by atoms with Crippen LogP contribution in [0, 0.1) is 17.2 Å². The van der Waals surface area contributed by atoms with Crippen molar-refractivity contribution in [2.45, 2.75) is 51.5 Å². The molecule has 0 amide bonds. The van der Waals surface area contributed by atoms with Gasteiger partial charge in [0.25, 0.3) is 0 Å². The molecule has 2 atom stereocenters. The minimum Gasteiger partial charge on any atom is -0.481 e. The fourth-order valence-corrected chi connectivity index (χ4v) is 5.15. The predicted octanol–water partition coefficient (Wildman–Crippen LogP) is 2.33. The van der Waals surface area contributed by atoms with E-state index in [0.29, 0.717) is 37.8 Å². The summed E-state index contributed by atoms with van der Waals surface area (Å²) in [6.07, 6.45) is 8.00. The summed E-state index contributed by atoms with van der Waals surface area (Å²) < 4.78 is 14.7. The number of fused-ring (bicyclic) bond motifs is 1. The molecule has 1 aromatic rings. The van der Waals surface area contributed by atoms with Crippen LogP contribution in [0.25, 0.3) is 0 Å². The van der Waals surface area contributed by atoms with Gasteiger partial charge < -0.3 is 10.0 Å². The van der Waals surface area contributed by atoms with Gasteiger partial charge in [-0.15, -0.1) is 0 Å². The molecule has 0 unspecified atom stereocenters. The molecule has 2 saturated heterocycles. The van der Waals surface area contributed by atoms with Crippen molar-refractivity contribution < 1.29 is 14.3 Å². The molecule has 3 heterocycles. The number of anilines is 1. The second-order valence-electron chi connectivity index (χ2n) is 8.07. The maximum Gasteiger partial charge on any atom is 0.313 e. The van der Waals surface area contributed by atoms with Gasteiger partial charge in [-0.25, -0.2) is 14.4 Å². The molecule has 4 rings (SSSR count). The van der Waals surface area contributed by atoms with Crippen LogP contribution in [0.2, 0.25) is 0 Å². The molecule has 1 saturated carbocycles. The zero-order valence-electron chi connectivity index (χ0n) is 15.3. The average molecular weight is 362 g/mol. The van der Waals surface area contributed by atoms with E-state index in [2.05, 4.69) is 14.9 Å². The van der Waals surface area contributed by atoms with Gasteiger partial charge in [0.1, 0.15) is 11.7 Å². The molecular formula is C19H27FN4O2. The molecule has 0 aromatic carbocycles. The fourth-order valence-electron chi connectivity index (χ4n) is 5.15. The van der Waals surface area contributed by atoms with E-state index in [1.165, 1.54) is 38.4 Å². The fraction of sp³-hybridized carbons (Fsp3) is 0.737. The Labute approximate surface area is 153 Å². The summed E-state index contributed by atoms with van der Waals surface area (Å²) in [5.74, 6) is -0.884. The number of halogens is 1.